The van der Waals surface area contributed by atoms with Gasteiger partial charge in [0.05, 0.1) is 25.3 Å². The van der Waals surface area contributed by atoms with Crippen LogP contribution in [0.15, 0.2) is 141 Å². The van der Waals surface area contributed by atoms with E-state index >= 15 is 0 Å². The minimum absolute atomic E-state index is 0.0725. The summed E-state index contributed by atoms with van der Waals surface area (Å²) in [7, 11) is -8.04. The molecule has 0 radical (unpaired) electrons. The molecule has 2 heterocycles. The summed E-state index contributed by atoms with van der Waals surface area (Å²) < 4.78 is 55.5. The van der Waals surface area contributed by atoms with Gasteiger partial charge in [0.25, 0.3) is 0 Å². The van der Waals surface area contributed by atoms with Gasteiger partial charge in [0, 0.05) is 12.4 Å². The number of rotatable bonds is 4. The van der Waals surface area contributed by atoms with Crippen LogP contribution in [-0.2, 0) is 25.1 Å². The molecule has 220 valence electrons. The van der Waals surface area contributed by atoms with Gasteiger partial charge in [-0.2, -0.15) is 0 Å². The molecule has 8 rings (SSSR count). The van der Waals surface area contributed by atoms with Crippen molar-refractivity contribution in [2.75, 3.05) is 0 Å². The number of aromatic nitrogens is 2. The Hall–Kier alpha value is -4.34. The molecule has 6 nitrogen and oxygen atoms in total. The van der Waals surface area contributed by atoms with Gasteiger partial charge in [-0.3, -0.25) is 0 Å². The third-order valence-electron chi connectivity index (χ3n) is 8.60. The van der Waals surface area contributed by atoms with E-state index in [-0.39, 0.29) is 19.8 Å². The number of hydrogen-bond donors (Lipinski definition) is 0. The van der Waals surface area contributed by atoms with Crippen LogP contribution < -0.4 is 0 Å². The highest BCUT2D eigenvalue weighted by Crippen LogP contribution is 2.63. The van der Waals surface area contributed by atoms with Crippen LogP contribution in [0, 0.1) is 0 Å². The van der Waals surface area contributed by atoms with Crippen LogP contribution in [0.2, 0.25) is 10.0 Å². The zero-order valence-corrected chi connectivity index (χ0v) is 26.3. The molecule has 10 heteroatoms. The first-order chi connectivity index (χ1) is 21.6. The highest BCUT2D eigenvalue weighted by Gasteiger charge is 2.52. The van der Waals surface area contributed by atoms with Crippen LogP contribution in [0.3, 0.4) is 0 Å². The second kappa shape index (κ2) is 9.83. The van der Waals surface area contributed by atoms with Gasteiger partial charge < -0.3 is 0 Å². The molecule has 0 unspecified atom stereocenters. The van der Waals surface area contributed by atoms with E-state index in [4.69, 9.17) is 23.2 Å². The van der Waals surface area contributed by atoms with Crippen molar-refractivity contribution in [3.8, 4) is 22.3 Å². The van der Waals surface area contributed by atoms with Crippen LogP contribution in [0.5, 0.6) is 0 Å². The lowest BCUT2D eigenvalue weighted by atomic mass is 9.70. The molecule has 0 saturated heterocycles. The monoisotopic (exact) mass is 666 g/mol. The molecule has 2 aliphatic rings. The van der Waals surface area contributed by atoms with Crippen LogP contribution in [0.1, 0.15) is 22.3 Å². The molecule has 2 aromatic heterocycles. The van der Waals surface area contributed by atoms with Crippen molar-refractivity contribution < 1.29 is 16.8 Å². The zero-order chi connectivity index (χ0) is 31.1. The van der Waals surface area contributed by atoms with Gasteiger partial charge in [-0.05, 0) is 93.0 Å². The third kappa shape index (κ3) is 3.93. The van der Waals surface area contributed by atoms with Gasteiger partial charge in [0.1, 0.15) is 0 Å². The van der Waals surface area contributed by atoms with Crippen LogP contribution in [0.4, 0.5) is 0 Å². The minimum atomic E-state index is -4.02. The van der Waals surface area contributed by atoms with E-state index in [0.29, 0.717) is 10.0 Å². The van der Waals surface area contributed by atoms with Crippen molar-refractivity contribution >= 4 is 42.9 Å². The van der Waals surface area contributed by atoms with E-state index in [1.807, 2.05) is 48.5 Å². The maximum absolute atomic E-state index is 13.9. The van der Waals surface area contributed by atoms with E-state index < -0.39 is 25.1 Å². The van der Waals surface area contributed by atoms with Gasteiger partial charge in [-0.1, -0.05) is 83.9 Å². The second-order valence-corrected chi connectivity index (χ2v) is 15.6. The summed E-state index contributed by atoms with van der Waals surface area (Å²) in [5, 5.41) is 0.423. The van der Waals surface area contributed by atoms with Gasteiger partial charge in [-0.25, -0.2) is 26.8 Å². The van der Waals surface area contributed by atoms with Gasteiger partial charge in [0.15, 0.2) is 10.1 Å². The number of sulfone groups is 2. The van der Waals surface area contributed by atoms with Crippen molar-refractivity contribution in [2.24, 2.45) is 0 Å². The molecule has 45 heavy (non-hydrogen) atoms. The van der Waals surface area contributed by atoms with Crippen molar-refractivity contribution in [3.05, 3.63) is 154 Å². The van der Waals surface area contributed by atoms with Crippen molar-refractivity contribution in [2.45, 2.75) is 25.3 Å². The second-order valence-electron chi connectivity index (χ2n) is 10.9. The van der Waals surface area contributed by atoms with Crippen LogP contribution >= 0.6 is 23.2 Å². The highest BCUT2D eigenvalue weighted by atomic mass is 35.5. The SMILES string of the molecule is O=S(=O)(c1ccc2c(c1)C1(c3ccccc3-c3ccccc31)c1cc(S(=O)(=O)c3ccc(Cl)cn3)ccc1-2)c1ccc(Cl)cn1. The Morgan fingerprint density at radius 1 is 0.467 bits per heavy atom. The smallest absolute Gasteiger partial charge is 0.223 e. The molecule has 0 fully saturated rings. The van der Waals surface area contributed by atoms with E-state index in [9.17, 15) is 16.8 Å². The Morgan fingerprint density at radius 2 is 0.867 bits per heavy atom. The van der Waals surface area contributed by atoms with Crippen molar-refractivity contribution in [1.82, 2.24) is 9.97 Å². The number of benzene rings is 4. The van der Waals surface area contributed by atoms with E-state index in [0.717, 1.165) is 44.5 Å². The quantitative estimate of drug-likeness (QED) is 0.190. The summed E-state index contributed by atoms with van der Waals surface area (Å²) in [5.74, 6) is 0. The van der Waals surface area contributed by atoms with Crippen molar-refractivity contribution in [3.63, 3.8) is 0 Å². The average Bonchev–Trinajstić information content (AvgIpc) is 3.52. The fraction of sp³-hybridized carbons (Fsp3) is 0.0286. The maximum Gasteiger partial charge on any atom is 0.223 e. The molecular weight excluding hydrogens is 647 g/mol. The molecular formula is C35H20Cl2N2O4S2. The predicted octanol–water partition coefficient (Wildman–Crippen LogP) is 7.79. The van der Waals surface area contributed by atoms with E-state index in [1.165, 1.54) is 36.7 Å². The standard InChI is InChI=1S/C35H20Cl2N2O4S2/c36-21-9-15-33(38-19-21)44(40,41)23-11-13-27-28-14-12-24(45(42,43)34-16-10-22(37)20-39-34)18-32(28)35(31(27)17-23)29-7-3-1-5-25(29)26-6-2-4-8-30(26)35/h1-20H. The zero-order valence-electron chi connectivity index (χ0n) is 23.1. The third-order valence-corrected chi connectivity index (χ3v) is 12.4. The Bertz CT molecular complexity index is 2260. The first-order valence-electron chi connectivity index (χ1n) is 13.9. The number of pyridine rings is 2. The number of halogens is 2. The summed E-state index contributed by atoms with van der Waals surface area (Å²) in [6, 6.07) is 31.8. The maximum atomic E-state index is 13.9. The number of nitrogens with zero attached hydrogens (tertiary/aromatic N) is 2. The largest absolute Gasteiger partial charge is 0.243 e. The average molecular weight is 668 g/mol. The normalized spacial score (nSPS) is 14.1. The predicted molar refractivity (Wildman–Crippen MR) is 172 cm³/mol. The van der Waals surface area contributed by atoms with Gasteiger partial charge in [-0.15, -0.1) is 0 Å². The van der Waals surface area contributed by atoms with Gasteiger partial charge >= 0.3 is 0 Å². The molecule has 6 aromatic rings. The van der Waals surface area contributed by atoms with Gasteiger partial charge in [0.2, 0.25) is 19.7 Å². The Kier molecular flexibility index (Phi) is 6.15. The molecule has 0 atom stereocenters. The minimum Gasteiger partial charge on any atom is -0.243 e. The fourth-order valence-corrected chi connectivity index (χ4v) is 9.34. The lowest BCUT2D eigenvalue weighted by molar-refractivity contribution is 0.591. The summed E-state index contributed by atoms with van der Waals surface area (Å²) in [5.41, 5.74) is 5.97. The topological polar surface area (TPSA) is 94.1 Å². The molecule has 0 bridgehead atoms. The molecule has 0 saturated carbocycles. The first-order valence-corrected chi connectivity index (χ1v) is 17.6. The highest BCUT2D eigenvalue weighted by molar-refractivity contribution is 7.91. The van der Waals surface area contributed by atoms with E-state index in [2.05, 4.69) is 9.97 Å². The summed E-state index contributed by atoms with van der Waals surface area (Å²) >= 11 is 12.0. The molecule has 0 amide bonds. The van der Waals surface area contributed by atoms with Crippen molar-refractivity contribution in [1.29, 1.82) is 0 Å². The number of fused-ring (bicyclic) bond motifs is 10. The molecule has 0 aliphatic heterocycles. The Morgan fingerprint density at radius 3 is 1.27 bits per heavy atom. The summed E-state index contributed by atoms with van der Waals surface area (Å²) in [6.45, 7) is 0. The lowest BCUT2D eigenvalue weighted by Crippen LogP contribution is -2.26. The molecule has 2 aliphatic carbocycles. The summed E-state index contributed by atoms with van der Waals surface area (Å²) in [6.07, 6.45) is 2.61. The Balaban J connectivity index is 1.43. The number of hydrogen-bond acceptors (Lipinski definition) is 6. The molecule has 0 N–H and O–H groups in total. The first kappa shape index (κ1) is 28.2. The Labute approximate surface area is 269 Å². The van der Waals surface area contributed by atoms with Crippen LogP contribution in [0.25, 0.3) is 22.3 Å². The molecule has 4 aromatic carbocycles. The lowest BCUT2D eigenvalue weighted by Gasteiger charge is -2.31. The van der Waals surface area contributed by atoms with E-state index in [1.54, 1.807) is 36.4 Å². The fourth-order valence-electron chi connectivity index (χ4n) is 6.72. The molecule has 1 spiro atoms. The van der Waals surface area contributed by atoms with Crippen LogP contribution in [-0.4, -0.2) is 26.8 Å². The summed E-state index contributed by atoms with van der Waals surface area (Å²) in [4.78, 5) is 8.33.